The molecule has 0 aliphatic heterocycles. The molecule has 0 aliphatic rings. The van der Waals surface area contributed by atoms with Crippen molar-refractivity contribution in [3.63, 3.8) is 0 Å². The molecule has 0 radical (unpaired) electrons. The van der Waals surface area contributed by atoms with Crippen LogP contribution in [-0.4, -0.2) is 20.6 Å². The molecule has 0 bridgehead atoms. The van der Waals surface area contributed by atoms with Crippen LogP contribution in [0.5, 0.6) is 0 Å². The van der Waals surface area contributed by atoms with E-state index in [0.717, 1.165) is 22.9 Å². The fraction of sp³-hybridized carbons (Fsp3) is 0.0588. The van der Waals surface area contributed by atoms with Crippen molar-refractivity contribution in [1.29, 1.82) is 0 Å². The number of nitrogen functional groups attached to an aromatic ring is 2. The van der Waals surface area contributed by atoms with Crippen LogP contribution in [0.25, 0.3) is 16.6 Å². The smallest absolute Gasteiger partial charge is 0.341 e. The Balaban J connectivity index is 2.60. The molecule has 28 heavy (non-hydrogen) atoms. The van der Waals surface area contributed by atoms with Crippen molar-refractivity contribution >= 4 is 33.9 Å². The molecule has 5 N–H and O–H groups in total. The highest BCUT2D eigenvalue weighted by Crippen LogP contribution is 2.33. The predicted molar refractivity (Wildman–Crippen MR) is 96.6 cm³/mol. The van der Waals surface area contributed by atoms with E-state index in [2.05, 4.69) is 0 Å². The fourth-order valence-corrected chi connectivity index (χ4v) is 2.92. The number of aromatic carboxylic acids is 1. The number of rotatable bonds is 3. The van der Waals surface area contributed by atoms with Gasteiger partial charge in [0.15, 0.2) is 0 Å². The van der Waals surface area contributed by atoms with Gasteiger partial charge in [-0.05, 0) is 13.0 Å². The van der Waals surface area contributed by atoms with Crippen molar-refractivity contribution in [2.24, 2.45) is 0 Å². The maximum absolute atomic E-state index is 14.4. The summed E-state index contributed by atoms with van der Waals surface area (Å²) in [7, 11) is 0. The molecule has 0 saturated heterocycles. The number of nitro groups is 1. The summed E-state index contributed by atoms with van der Waals surface area (Å²) in [4.78, 5) is 34.4. The summed E-state index contributed by atoms with van der Waals surface area (Å²) in [5, 5.41) is 20.2. The molecule has 0 saturated carbocycles. The average molecular weight is 390 g/mol. The number of benzene rings is 2. The molecular weight excluding hydrogens is 378 g/mol. The van der Waals surface area contributed by atoms with Gasteiger partial charge in [-0.15, -0.1) is 0 Å². The molecule has 3 aromatic rings. The maximum Gasteiger partial charge on any atom is 0.341 e. The van der Waals surface area contributed by atoms with E-state index in [0.29, 0.717) is 6.07 Å². The summed E-state index contributed by atoms with van der Waals surface area (Å²) in [6.45, 7) is 1.35. The lowest BCUT2D eigenvalue weighted by Gasteiger charge is -2.17. The predicted octanol–water partition coefficient (Wildman–Crippen LogP) is 2.35. The molecule has 9 nitrogen and oxygen atoms in total. The Hall–Kier alpha value is -4.02. The third kappa shape index (κ3) is 2.69. The molecule has 0 spiro atoms. The van der Waals surface area contributed by atoms with Crippen molar-refractivity contribution in [3.05, 3.63) is 67.5 Å². The van der Waals surface area contributed by atoms with Crippen LogP contribution in [0.15, 0.2) is 29.2 Å². The van der Waals surface area contributed by atoms with E-state index < -0.39 is 44.9 Å². The molecule has 1 aromatic heterocycles. The number of hydrogen-bond donors (Lipinski definition) is 3. The van der Waals surface area contributed by atoms with Gasteiger partial charge in [-0.1, -0.05) is 0 Å². The minimum absolute atomic E-state index is 0.0422. The van der Waals surface area contributed by atoms with Gasteiger partial charge in [-0.25, -0.2) is 13.6 Å². The van der Waals surface area contributed by atoms with Crippen LogP contribution >= 0.6 is 0 Å². The third-order valence-electron chi connectivity index (χ3n) is 4.31. The maximum atomic E-state index is 14.4. The Labute approximate surface area is 154 Å². The molecule has 0 atom stereocenters. The molecule has 2 aromatic carbocycles. The number of carbonyl (C=O) groups is 1. The van der Waals surface area contributed by atoms with Crippen molar-refractivity contribution < 1.29 is 23.6 Å². The molecule has 3 rings (SSSR count). The second kappa shape index (κ2) is 6.30. The quantitative estimate of drug-likeness (QED) is 0.352. The first-order valence-corrected chi connectivity index (χ1v) is 7.65. The largest absolute Gasteiger partial charge is 0.477 e. The van der Waals surface area contributed by atoms with Gasteiger partial charge >= 0.3 is 5.97 Å². The molecule has 144 valence electrons. The number of anilines is 2. The molecule has 0 aliphatic carbocycles. The number of nitrogens with zero attached hydrogens (tertiary/aromatic N) is 2. The van der Waals surface area contributed by atoms with E-state index in [-0.39, 0.29) is 27.8 Å². The number of carboxylic acids is 1. The van der Waals surface area contributed by atoms with Gasteiger partial charge in [-0.3, -0.25) is 14.9 Å². The first kappa shape index (κ1) is 18.8. The van der Waals surface area contributed by atoms with Crippen molar-refractivity contribution in [3.8, 4) is 5.69 Å². The minimum Gasteiger partial charge on any atom is -0.477 e. The van der Waals surface area contributed by atoms with Gasteiger partial charge in [0.05, 0.1) is 27.2 Å². The molecule has 0 unspecified atom stereocenters. The minimum atomic E-state index is -1.63. The SMILES string of the molecule is Cc1c(N)c([N+](=O)[O-])cc2c(=O)c(C(=O)O)cn(-c3cc(N)c(F)cc3F)c12. The molecular formula is C17H12F2N4O5. The number of carboxylic acid groups (broad SMARTS) is 1. The molecule has 1 heterocycles. The van der Waals surface area contributed by atoms with Crippen LogP contribution in [0.3, 0.4) is 0 Å². The first-order chi connectivity index (χ1) is 13.0. The molecule has 0 fully saturated rings. The van der Waals surface area contributed by atoms with Gasteiger partial charge in [0.25, 0.3) is 5.69 Å². The second-order valence-corrected chi connectivity index (χ2v) is 5.96. The number of aryl methyl sites for hydroxylation is 1. The number of aromatic nitrogens is 1. The van der Waals surface area contributed by atoms with E-state index in [4.69, 9.17) is 11.5 Å². The number of halogens is 2. The zero-order valence-electron chi connectivity index (χ0n) is 14.2. The number of hydrogen-bond acceptors (Lipinski definition) is 6. The zero-order chi connectivity index (χ0) is 20.9. The fourth-order valence-electron chi connectivity index (χ4n) is 2.92. The van der Waals surface area contributed by atoms with E-state index in [1.807, 2.05) is 0 Å². The Morgan fingerprint density at radius 1 is 1.21 bits per heavy atom. The van der Waals surface area contributed by atoms with Gasteiger partial charge in [0, 0.05) is 23.9 Å². The summed E-state index contributed by atoms with van der Waals surface area (Å²) in [6, 6.07) is 2.24. The Morgan fingerprint density at radius 2 is 1.86 bits per heavy atom. The monoisotopic (exact) mass is 390 g/mol. The van der Waals surface area contributed by atoms with Crippen molar-refractivity contribution in [2.75, 3.05) is 11.5 Å². The van der Waals surface area contributed by atoms with E-state index in [1.165, 1.54) is 6.92 Å². The van der Waals surface area contributed by atoms with E-state index in [9.17, 15) is 33.6 Å². The lowest BCUT2D eigenvalue weighted by molar-refractivity contribution is -0.383. The highest BCUT2D eigenvalue weighted by Gasteiger charge is 2.24. The molecule has 0 amide bonds. The van der Waals surface area contributed by atoms with E-state index in [1.54, 1.807) is 0 Å². The zero-order valence-corrected chi connectivity index (χ0v) is 14.2. The van der Waals surface area contributed by atoms with Crippen LogP contribution in [0, 0.1) is 28.7 Å². The standard InChI is InChI=1S/C17H12F2N4O5/c1-6-14(21)13(23(27)28)2-7-15(6)22(5-8(16(7)24)17(25)26)12-4-11(20)9(18)3-10(12)19/h2-5H,20-21H2,1H3,(H,25,26). The lowest BCUT2D eigenvalue weighted by atomic mass is 10.0. The van der Waals surface area contributed by atoms with Crippen LogP contribution < -0.4 is 16.9 Å². The van der Waals surface area contributed by atoms with Gasteiger partial charge in [0.2, 0.25) is 5.43 Å². The van der Waals surface area contributed by atoms with E-state index >= 15 is 0 Å². The Morgan fingerprint density at radius 3 is 2.43 bits per heavy atom. The van der Waals surface area contributed by atoms with Crippen LogP contribution in [0.1, 0.15) is 15.9 Å². The highest BCUT2D eigenvalue weighted by atomic mass is 19.1. The highest BCUT2D eigenvalue weighted by molar-refractivity contribution is 5.97. The van der Waals surface area contributed by atoms with Gasteiger partial charge in [0.1, 0.15) is 22.9 Å². The van der Waals surface area contributed by atoms with Crippen LogP contribution in [0.2, 0.25) is 0 Å². The Bertz CT molecular complexity index is 1250. The average Bonchev–Trinajstić information content (AvgIpc) is 2.61. The molecule has 11 heteroatoms. The second-order valence-electron chi connectivity index (χ2n) is 5.96. The number of nitrogens with two attached hydrogens (primary N) is 2. The van der Waals surface area contributed by atoms with Crippen LogP contribution in [0.4, 0.5) is 25.8 Å². The number of nitro benzene ring substituents is 1. The first-order valence-electron chi connectivity index (χ1n) is 7.65. The summed E-state index contributed by atoms with van der Waals surface area (Å²) in [6.07, 6.45) is 0.834. The van der Waals surface area contributed by atoms with Crippen LogP contribution in [-0.2, 0) is 0 Å². The topological polar surface area (TPSA) is 154 Å². The Kier molecular flexibility index (Phi) is 4.22. The summed E-state index contributed by atoms with van der Waals surface area (Å²) >= 11 is 0. The van der Waals surface area contributed by atoms with Crippen molar-refractivity contribution in [1.82, 2.24) is 4.57 Å². The lowest BCUT2D eigenvalue weighted by Crippen LogP contribution is -2.20. The third-order valence-corrected chi connectivity index (χ3v) is 4.31. The number of pyridine rings is 1. The number of fused-ring (bicyclic) bond motifs is 1. The van der Waals surface area contributed by atoms with Crippen molar-refractivity contribution in [2.45, 2.75) is 6.92 Å². The van der Waals surface area contributed by atoms with Gasteiger partial charge in [-0.2, -0.15) is 0 Å². The normalized spacial score (nSPS) is 11.0. The van der Waals surface area contributed by atoms with Gasteiger partial charge < -0.3 is 21.1 Å². The summed E-state index contributed by atoms with van der Waals surface area (Å²) in [5.74, 6) is -3.76. The summed E-state index contributed by atoms with van der Waals surface area (Å²) < 4.78 is 28.9. The summed E-state index contributed by atoms with van der Waals surface area (Å²) in [5.41, 5.74) is 7.79.